The van der Waals surface area contributed by atoms with E-state index in [1.54, 1.807) is 0 Å². The zero-order valence-corrected chi connectivity index (χ0v) is 12.9. The third kappa shape index (κ3) is 4.45. The standard InChI is InChI=1S/C18H27NO2/c1-4-10-18(21-17-8-2-3-9-17)16(6-1)7-5-11-19-12-14-20-15-13-19/h1,4,6,10,17H,2-3,5,7-9,11-15H2. The van der Waals surface area contributed by atoms with Crippen LogP contribution in [-0.4, -0.2) is 43.9 Å². The number of rotatable bonds is 6. The molecule has 0 N–H and O–H groups in total. The van der Waals surface area contributed by atoms with Crippen LogP contribution in [0.2, 0.25) is 0 Å². The van der Waals surface area contributed by atoms with Crippen molar-refractivity contribution in [1.29, 1.82) is 0 Å². The largest absolute Gasteiger partial charge is 0.490 e. The second-order valence-electron chi connectivity index (χ2n) is 6.19. The highest BCUT2D eigenvalue weighted by atomic mass is 16.5. The van der Waals surface area contributed by atoms with Crippen molar-refractivity contribution in [2.24, 2.45) is 0 Å². The number of benzene rings is 1. The minimum Gasteiger partial charge on any atom is -0.490 e. The number of nitrogens with zero attached hydrogens (tertiary/aromatic N) is 1. The van der Waals surface area contributed by atoms with Crippen molar-refractivity contribution in [1.82, 2.24) is 4.90 Å². The van der Waals surface area contributed by atoms with Crippen molar-refractivity contribution < 1.29 is 9.47 Å². The van der Waals surface area contributed by atoms with Crippen molar-refractivity contribution in [3.05, 3.63) is 29.8 Å². The Morgan fingerprint density at radius 2 is 1.86 bits per heavy atom. The van der Waals surface area contributed by atoms with Crippen molar-refractivity contribution in [2.75, 3.05) is 32.8 Å². The van der Waals surface area contributed by atoms with E-state index in [9.17, 15) is 0 Å². The lowest BCUT2D eigenvalue weighted by molar-refractivity contribution is 0.0374. The van der Waals surface area contributed by atoms with E-state index in [1.165, 1.54) is 44.2 Å². The Labute approximate surface area is 128 Å². The zero-order chi connectivity index (χ0) is 14.3. The van der Waals surface area contributed by atoms with Gasteiger partial charge in [-0.1, -0.05) is 18.2 Å². The molecular formula is C18H27NO2. The first-order valence-electron chi connectivity index (χ1n) is 8.46. The van der Waals surface area contributed by atoms with Gasteiger partial charge in [0.2, 0.25) is 0 Å². The molecule has 0 unspecified atom stereocenters. The van der Waals surface area contributed by atoms with E-state index in [1.807, 2.05) is 0 Å². The van der Waals surface area contributed by atoms with Crippen LogP contribution in [0, 0.1) is 0 Å². The van der Waals surface area contributed by atoms with Crippen LogP contribution in [0.4, 0.5) is 0 Å². The van der Waals surface area contributed by atoms with Crippen LogP contribution in [0.25, 0.3) is 0 Å². The number of hydrogen-bond donors (Lipinski definition) is 0. The Bertz CT molecular complexity index is 423. The molecule has 3 heteroatoms. The van der Waals surface area contributed by atoms with Gasteiger partial charge in [-0.15, -0.1) is 0 Å². The van der Waals surface area contributed by atoms with Crippen molar-refractivity contribution >= 4 is 0 Å². The van der Waals surface area contributed by atoms with Gasteiger partial charge in [0.25, 0.3) is 0 Å². The molecule has 2 fully saturated rings. The van der Waals surface area contributed by atoms with Gasteiger partial charge in [-0.3, -0.25) is 4.90 Å². The quantitative estimate of drug-likeness (QED) is 0.802. The molecule has 0 aromatic heterocycles. The van der Waals surface area contributed by atoms with Gasteiger partial charge < -0.3 is 9.47 Å². The molecular weight excluding hydrogens is 262 g/mol. The Kier molecular flexibility index (Phi) is 5.53. The molecule has 0 bridgehead atoms. The summed E-state index contributed by atoms with van der Waals surface area (Å²) in [6, 6.07) is 8.59. The summed E-state index contributed by atoms with van der Waals surface area (Å²) in [5.41, 5.74) is 1.37. The Morgan fingerprint density at radius 1 is 1.10 bits per heavy atom. The van der Waals surface area contributed by atoms with Gasteiger partial charge in [0.05, 0.1) is 19.3 Å². The van der Waals surface area contributed by atoms with Gasteiger partial charge in [-0.2, -0.15) is 0 Å². The van der Waals surface area contributed by atoms with Gasteiger partial charge >= 0.3 is 0 Å². The fourth-order valence-corrected chi connectivity index (χ4v) is 3.33. The molecule has 3 rings (SSSR count). The molecule has 1 saturated carbocycles. The average Bonchev–Trinajstić information content (AvgIpc) is 3.03. The first-order chi connectivity index (χ1) is 10.4. The van der Waals surface area contributed by atoms with Gasteiger partial charge in [0.15, 0.2) is 0 Å². The van der Waals surface area contributed by atoms with Gasteiger partial charge in [0.1, 0.15) is 5.75 Å². The lowest BCUT2D eigenvalue weighted by Crippen LogP contribution is -2.36. The summed E-state index contributed by atoms with van der Waals surface area (Å²) in [5.74, 6) is 1.12. The van der Waals surface area contributed by atoms with Gasteiger partial charge in [-0.05, 0) is 56.7 Å². The fourth-order valence-electron chi connectivity index (χ4n) is 3.33. The fraction of sp³-hybridized carbons (Fsp3) is 0.667. The van der Waals surface area contributed by atoms with Gasteiger partial charge in [-0.25, -0.2) is 0 Å². The molecule has 2 aliphatic rings. The van der Waals surface area contributed by atoms with E-state index in [4.69, 9.17) is 9.47 Å². The average molecular weight is 289 g/mol. The Hall–Kier alpha value is -1.06. The molecule has 1 aliphatic carbocycles. The third-order valence-corrected chi connectivity index (χ3v) is 4.59. The predicted molar refractivity (Wildman–Crippen MR) is 84.9 cm³/mol. The number of morpholine rings is 1. The second kappa shape index (κ2) is 7.81. The van der Waals surface area contributed by atoms with E-state index in [-0.39, 0.29) is 0 Å². The first kappa shape index (κ1) is 14.9. The summed E-state index contributed by atoms with van der Waals surface area (Å²) in [6.07, 6.45) is 7.86. The number of ether oxygens (including phenoxy) is 2. The van der Waals surface area contributed by atoms with Crippen LogP contribution < -0.4 is 4.74 Å². The zero-order valence-electron chi connectivity index (χ0n) is 12.9. The van der Waals surface area contributed by atoms with Crippen LogP contribution >= 0.6 is 0 Å². The third-order valence-electron chi connectivity index (χ3n) is 4.59. The number of aryl methyl sites for hydroxylation is 1. The highest BCUT2D eigenvalue weighted by Crippen LogP contribution is 2.27. The Morgan fingerprint density at radius 3 is 2.67 bits per heavy atom. The van der Waals surface area contributed by atoms with E-state index >= 15 is 0 Å². The SMILES string of the molecule is c1ccc(OC2CCCC2)c(CCCN2CCOCC2)c1. The monoisotopic (exact) mass is 289 g/mol. The predicted octanol–water partition coefficient (Wildman–Crippen LogP) is 3.27. The molecule has 0 atom stereocenters. The molecule has 1 aromatic carbocycles. The van der Waals surface area contributed by atoms with Crippen LogP contribution in [-0.2, 0) is 11.2 Å². The van der Waals surface area contributed by atoms with Crippen LogP contribution in [0.3, 0.4) is 0 Å². The maximum atomic E-state index is 6.22. The minimum atomic E-state index is 0.449. The van der Waals surface area contributed by atoms with E-state index in [2.05, 4.69) is 29.2 Å². The summed E-state index contributed by atoms with van der Waals surface area (Å²) >= 11 is 0. The maximum absolute atomic E-state index is 6.22. The molecule has 1 aromatic rings. The summed E-state index contributed by atoms with van der Waals surface area (Å²) in [5, 5.41) is 0. The molecule has 3 nitrogen and oxygen atoms in total. The molecule has 1 aliphatic heterocycles. The van der Waals surface area contributed by atoms with E-state index < -0.39 is 0 Å². The maximum Gasteiger partial charge on any atom is 0.122 e. The van der Waals surface area contributed by atoms with Crippen LogP contribution in [0.1, 0.15) is 37.7 Å². The lowest BCUT2D eigenvalue weighted by Gasteiger charge is -2.26. The smallest absolute Gasteiger partial charge is 0.122 e. The van der Waals surface area contributed by atoms with E-state index in [0.29, 0.717) is 6.10 Å². The molecule has 0 spiro atoms. The van der Waals surface area contributed by atoms with Crippen LogP contribution in [0.5, 0.6) is 5.75 Å². The van der Waals surface area contributed by atoms with E-state index in [0.717, 1.165) is 38.5 Å². The highest BCUT2D eigenvalue weighted by Gasteiger charge is 2.17. The minimum absolute atomic E-state index is 0.449. The molecule has 0 radical (unpaired) electrons. The first-order valence-corrected chi connectivity index (χ1v) is 8.46. The number of hydrogen-bond acceptors (Lipinski definition) is 3. The van der Waals surface area contributed by atoms with Crippen LogP contribution in [0.15, 0.2) is 24.3 Å². The molecule has 1 saturated heterocycles. The second-order valence-corrected chi connectivity index (χ2v) is 6.19. The number of para-hydroxylation sites is 1. The summed E-state index contributed by atoms with van der Waals surface area (Å²) in [7, 11) is 0. The van der Waals surface area contributed by atoms with Gasteiger partial charge in [0, 0.05) is 13.1 Å². The highest BCUT2D eigenvalue weighted by molar-refractivity contribution is 5.33. The summed E-state index contributed by atoms with van der Waals surface area (Å²) in [4.78, 5) is 2.50. The normalized spacial score (nSPS) is 20.8. The topological polar surface area (TPSA) is 21.7 Å². The molecule has 1 heterocycles. The van der Waals surface area contributed by atoms with Crippen molar-refractivity contribution in [3.8, 4) is 5.75 Å². The molecule has 21 heavy (non-hydrogen) atoms. The molecule has 116 valence electrons. The summed E-state index contributed by atoms with van der Waals surface area (Å²) in [6.45, 7) is 5.12. The van der Waals surface area contributed by atoms with Crippen molar-refractivity contribution in [2.45, 2.75) is 44.6 Å². The molecule has 0 amide bonds. The summed E-state index contributed by atoms with van der Waals surface area (Å²) < 4.78 is 11.6. The van der Waals surface area contributed by atoms with Crippen molar-refractivity contribution in [3.63, 3.8) is 0 Å². The Balaban J connectivity index is 1.49. The lowest BCUT2D eigenvalue weighted by atomic mass is 10.1.